The molecule has 3 N–H and O–H groups in total. The van der Waals surface area contributed by atoms with E-state index in [4.69, 9.17) is 0 Å². The maximum absolute atomic E-state index is 12.4. The normalized spacial score (nSPS) is 31.8. The van der Waals surface area contributed by atoms with E-state index in [1.54, 1.807) is 11.8 Å². The zero-order valence-electron chi connectivity index (χ0n) is 12.1. The number of aliphatic hydroxyl groups is 1. The highest BCUT2D eigenvalue weighted by molar-refractivity contribution is 5.86. The summed E-state index contributed by atoms with van der Waals surface area (Å²) in [6, 6.07) is -0.213. The van der Waals surface area contributed by atoms with Gasteiger partial charge in [0.15, 0.2) is 0 Å². The summed E-state index contributed by atoms with van der Waals surface area (Å²) >= 11 is 0. The van der Waals surface area contributed by atoms with Crippen LogP contribution in [0.15, 0.2) is 0 Å². The third kappa shape index (κ3) is 2.75. The molecular formula is C14H24N2O4. The van der Waals surface area contributed by atoms with E-state index >= 15 is 0 Å². The zero-order chi connectivity index (χ0) is 14.9. The predicted octanol–water partition coefficient (Wildman–Crippen LogP) is 1.33. The van der Waals surface area contributed by atoms with Crippen molar-refractivity contribution in [2.75, 3.05) is 0 Å². The molecule has 0 aromatic rings. The number of aliphatic carboxylic acids is 1. The van der Waals surface area contributed by atoms with Gasteiger partial charge in [-0.25, -0.2) is 9.59 Å². The minimum atomic E-state index is -1.22. The number of rotatable bonds is 4. The van der Waals surface area contributed by atoms with Gasteiger partial charge in [0.2, 0.25) is 0 Å². The molecule has 0 spiro atoms. The Kier molecular flexibility index (Phi) is 4.22. The van der Waals surface area contributed by atoms with Crippen molar-refractivity contribution in [3.8, 4) is 0 Å². The number of hydrogen-bond acceptors (Lipinski definition) is 3. The van der Waals surface area contributed by atoms with Crippen LogP contribution >= 0.6 is 0 Å². The van der Waals surface area contributed by atoms with Gasteiger partial charge in [-0.2, -0.15) is 0 Å². The van der Waals surface area contributed by atoms with E-state index in [-0.39, 0.29) is 24.2 Å². The molecule has 0 aromatic heterocycles. The van der Waals surface area contributed by atoms with Crippen molar-refractivity contribution in [3.05, 3.63) is 0 Å². The number of carboxylic acids is 1. The molecule has 2 fully saturated rings. The lowest BCUT2D eigenvalue weighted by Gasteiger charge is -2.39. The lowest BCUT2D eigenvalue weighted by molar-refractivity contribution is -0.144. The fourth-order valence-electron chi connectivity index (χ4n) is 3.50. The summed E-state index contributed by atoms with van der Waals surface area (Å²) in [5, 5.41) is 21.8. The quantitative estimate of drug-likeness (QED) is 0.726. The molecule has 114 valence electrons. The molecule has 6 nitrogen and oxygen atoms in total. The fourth-order valence-corrected chi connectivity index (χ4v) is 3.50. The molecule has 0 aliphatic carbocycles. The van der Waals surface area contributed by atoms with Gasteiger partial charge in [0.25, 0.3) is 0 Å². The topological polar surface area (TPSA) is 89.9 Å². The Bertz CT molecular complexity index is 387. The standard InChI is InChI=1S/C14H24N2O4/c1-3-6-14(2,12(18)19)15-13(20)16-9-4-5-10(16)8-11(17)7-9/h9-11,17H,3-8H2,1-2H3,(H,15,20)(H,18,19). The summed E-state index contributed by atoms with van der Waals surface area (Å²) in [5.41, 5.74) is -1.22. The molecule has 0 saturated carbocycles. The lowest BCUT2D eigenvalue weighted by atomic mass is 9.96. The average Bonchev–Trinajstić information content (AvgIpc) is 2.62. The monoisotopic (exact) mass is 284 g/mol. The SMILES string of the molecule is CCCC(C)(NC(=O)N1C2CCC1CC(O)C2)C(=O)O. The van der Waals surface area contributed by atoms with Gasteiger partial charge < -0.3 is 20.4 Å². The van der Waals surface area contributed by atoms with E-state index in [2.05, 4.69) is 5.32 Å². The number of piperidine rings is 1. The number of amides is 2. The number of aliphatic hydroxyl groups excluding tert-OH is 1. The first kappa shape index (κ1) is 15.1. The highest BCUT2D eigenvalue weighted by Crippen LogP contribution is 2.36. The highest BCUT2D eigenvalue weighted by atomic mass is 16.4. The minimum Gasteiger partial charge on any atom is -0.480 e. The molecule has 0 radical (unpaired) electrons. The highest BCUT2D eigenvalue weighted by Gasteiger charge is 2.45. The third-order valence-corrected chi connectivity index (χ3v) is 4.55. The largest absolute Gasteiger partial charge is 0.480 e. The van der Waals surface area contributed by atoms with Crippen LogP contribution in [0.4, 0.5) is 4.79 Å². The van der Waals surface area contributed by atoms with Crippen LogP contribution in [-0.2, 0) is 4.79 Å². The molecular weight excluding hydrogens is 260 g/mol. The summed E-state index contributed by atoms with van der Waals surface area (Å²) in [6.07, 6.45) is 3.75. The van der Waals surface area contributed by atoms with Gasteiger partial charge in [-0.15, -0.1) is 0 Å². The Morgan fingerprint density at radius 1 is 1.30 bits per heavy atom. The van der Waals surface area contributed by atoms with E-state index in [1.807, 2.05) is 6.92 Å². The van der Waals surface area contributed by atoms with Gasteiger partial charge in [0.1, 0.15) is 5.54 Å². The second kappa shape index (κ2) is 5.60. The van der Waals surface area contributed by atoms with Crippen molar-refractivity contribution in [2.24, 2.45) is 0 Å². The predicted molar refractivity (Wildman–Crippen MR) is 73.4 cm³/mol. The van der Waals surface area contributed by atoms with Gasteiger partial charge in [0.05, 0.1) is 6.10 Å². The molecule has 2 bridgehead atoms. The lowest BCUT2D eigenvalue weighted by Crippen LogP contribution is -2.59. The van der Waals surface area contributed by atoms with Crippen molar-refractivity contribution in [3.63, 3.8) is 0 Å². The van der Waals surface area contributed by atoms with Crippen LogP contribution in [0.25, 0.3) is 0 Å². The smallest absolute Gasteiger partial charge is 0.329 e. The van der Waals surface area contributed by atoms with E-state index < -0.39 is 11.5 Å². The van der Waals surface area contributed by atoms with Crippen LogP contribution in [-0.4, -0.2) is 50.8 Å². The van der Waals surface area contributed by atoms with Crippen LogP contribution in [0, 0.1) is 0 Å². The van der Waals surface area contributed by atoms with Gasteiger partial charge in [-0.05, 0) is 39.0 Å². The maximum atomic E-state index is 12.4. The number of nitrogens with one attached hydrogen (secondary N) is 1. The fraction of sp³-hybridized carbons (Fsp3) is 0.857. The number of urea groups is 1. The molecule has 6 heteroatoms. The Hall–Kier alpha value is -1.30. The summed E-state index contributed by atoms with van der Waals surface area (Å²) in [4.78, 5) is 25.6. The van der Waals surface area contributed by atoms with Gasteiger partial charge >= 0.3 is 12.0 Å². The summed E-state index contributed by atoms with van der Waals surface area (Å²) in [5.74, 6) is -1.00. The molecule has 2 amide bonds. The molecule has 2 heterocycles. The molecule has 2 aliphatic heterocycles. The Morgan fingerprint density at radius 3 is 2.30 bits per heavy atom. The van der Waals surface area contributed by atoms with Gasteiger partial charge in [-0.3, -0.25) is 0 Å². The van der Waals surface area contributed by atoms with Crippen molar-refractivity contribution in [2.45, 2.75) is 76.1 Å². The average molecular weight is 284 g/mol. The molecule has 3 unspecified atom stereocenters. The van der Waals surface area contributed by atoms with Gasteiger partial charge in [-0.1, -0.05) is 13.3 Å². The Morgan fingerprint density at radius 2 is 1.85 bits per heavy atom. The van der Waals surface area contributed by atoms with E-state index in [0.29, 0.717) is 25.7 Å². The first-order valence-electron chi connectivity index (χ1n) is 7.39. The Balaban J connectivity index is 2.06. The summed E-state index contributed by atoms with van der Waals surface area (Å²) in [6.45, 7) is 3.45. The summed E-state index contributed by atoms with van der Waals surface area (Å²) in [7, 11) is 0. The van der Waals surface area contributed by atoms with Crippen molar-refractivity contribution < 1.29 is 19.8 Å². The number of carbonyl (C=O) groups is 2. The molecule has 2 rings (SSSR count). The van der Waals surface area contributed by atoms with Gasteiger partial charge in [0, 0.05) is 12.1 Å². The van der Waals surface area contributed by atoms with Crippen molar-refractivity contribution >= 4 is 12.0 Å². The summed E-state index contributed by atoms with van der Waals surface area (Å²) < 4.78 is 0. The maximum Gasteiger partial charge on any atom is 0.329 e. The van der Waals surface area contributed by atoms with Crippen molar-refractivity contribution in [1.29, 1.82) is 0 Å². The number of carboxylic acid groups (broad SMARTS) is 1. The van der Waals surface area contributed by atoms with Crippen LogP contribution in [0.5, 0.6) is 0 Å². The molecule has 2 saturated heterocycles. The Labute approximate surface area is 119 Å². The minimum absolute atomic E-state index is 0.0448. The first-order valence-corrected chi connectivity index (χ1v) is 7.39. The first-order chi connectivity index (χ1) is 9.37. The second-order valence-corrected chi connectivity index (χ2v) is 6.23. The van der Waals surface area contributed by atoms with E-state index in [0.717, 1.165) is 12.8 Å². The third-order valence-electron chi connectivity index (χ3n) is 4.55. The van der Waals surface area contributed by atoms with Crippen LogP contribution in [0.1, 0.15) is 52.4 Å². The number of fused-ring (bicyclic) bond motifs is 2. The number of hydrogen-bond donors (Lipinski definition) is 3. The molecule has 2 aliphatic rings. The van der Waals surface area contributed by atoms with Crippen LogP contribution in [0.2, 0.25) is 0 Å². The van der Waals surface area contributed by atoms with E-state index in [9.17, 15) is 19.8 Å². The molecule has 3 atom stereocenters. The van der Waals surface area contributed by atoms with E-state index in [1.165, 1.54) is 0 Å². The molecule has 20 heavy (non-hydrogen) atoms. The second-order valence-electron chi connectivity index (χ2n) is 6.23. The zero-order valence-corrected chi connectivity index (χ0v) is 12.1. The number of nitrogens with zero attached hydrogens (tertiary/aromatic N) is 1. The van der Waals surface area contributed by atoms with Crippen LogP contribution in [0.3, 0.4) is 0 Å². The number of carbonyl (C=O) groups excluding carboxylic acids is 1. The van der Waals surface area contributed by atoms with Crippen LogP contribution < -0.4 is 5.32 Å². The molecule has 0 aromatic carbocycles. The van der Waals surface area contributed by atoms with Crippen molar-refractivity contribution in [1.82, 2.24) is 10.2 Å².